The zero-order valence-electron chi connectivity index (χ0n) is 8.68. The van der Waals surface area contributed by atoms with E-state index < -0.39 is 0 Å². The summed E-state index contributed by atoms with van der Waals surface area (Å²) in [5.74, 6) is 0. The van der Waals surface area contributed by atoms with Crippen molar-refractivity contribution >= 4 is 0 Å². The second-order valence-corrected chi connectivity index (χ2v) is 5.61. The van der Waals surface area contributed by atoms with Crippen molar-refractivity contribution in [2.24, 2.45) is 5.41 Å². The van der Waals surface area contributed by atoms with Crippen LogP contribution >= 0.6 is 0 Å². The van der Waals surface area contributed by atoms with Gasteiger partial charge in [-0.1, -0.05) is 0 Å². The minimum Gasteiger partial charge on any atom is -0.297 e. The van der Waals surface area contributed by atoms with Gasteiger partial charge in [-0.15, -0.1) is 0 Å². The van der Waals surface area contributed by atoms with Crippen LogP contribution in [0.25, 0.3) is 0 Å². The van der Waals surface area contributed by atoms with Crippen molar-refractivity contribution in [1.82, 2.24) is 5.32 Å². The minimum absolute atomic E-state index is 0.144. The third kappa shape index (κ3) is 1.44. The summed E-state index contributed by atoms with van der Waals surface area (Å²) >= 11 is 0. The Balaban J connectivity index is 1.66. The van der Waals surface area contributed by atoms with Gasteiger partial charge in [-0.05, 0) is 56.8 Å². The molecule has 0 atom stereocenters. The smallest absolute Gasteiger partial charge is 0.107 e. The molecular formula is C12H18N2. The molecule has 0 aliphatic heterocycles. The number of nitriles is 1. The number of hydrogen-bond acceptors (Lipinski definition) is 2. The van der Waals surface area contributed by atoms with Gasteiger partial charge >= 0.3 is 0 Å². The molecule has 3 fully saturated rings. The molecule has 0 saturated heterocycles. The van der Waals surface area contributed by atoms with E-state index in [0.29, 0.717) is 11.5 Å². The SMILES string of the molecule is N#CC1(NC2CC2)CCC2(CC2)CC1. The Labute approximate surface area is 85.7 Å². The largest absolute Gasteiger partial charge is 0.297 e. The molecule has 3 rings (SSSR count). The van der Waals surface area contributed by atoms with E-state index in [0.717, 1.165) is 12.8 Å². The first-order valence-corrected chi connectivity index (χ1v) is 5.95. The highest BCUT2D eigenvalue weighted by atomic mass is 15.0. The van der Waals surface area contributed by atoms with E-state index in [9.17, 15) is 5.26 Å². The molecule has 0 unspecified atom stereocenters. The maximum Gasteiger partial charge on any atom is 0.107 e. The Morgan fingerprint density at radius 3 is 2.00 bits per heavy atom. The second kappa shape index (κ2) is 2.73. The molecule has 2 heteroatoms. The molecule has 0 aromatic carbocycles. The standard InChI is InChI=1S/C12H18N2/c13-9-12(14-10-1-2-10)7-5-11(3-4-11)6-8-12/h10,14H,1-8H2. The zero-order chi connectivity index (χ0) is 9.65. The van der Waals surface area contributed by atoms with Crippen LogP contribution in [0.1, 0.15) is 51.4 Å². The number of hydrogen-bond donors (Lipinski definition) is 1. The molecule has 2 nitrogen and oxygen atoms in total. The molecule has 0 heterocycles. The summed E-state index contributed by atoms with van der Waals surface area (Å²) in [7, 11) is 0. The number of rotatable bonds is 2. The summed E-state index contributed by atoms with van der Waals surface area (Å²) in [6, 6.07) is 3.21. The van der Waals surface area contributed by atoms with E-state index in [1.165, 1.54) is 38.5 Å². The van der Waals surface area contributed by atoms with Crippen molar-refractivity contribution in [3.05, 3.63) is 0 Å². The van der Waals surface area contributed by atoms with Gasteiger partial charge in [-0.25, -0.2) is 0 Å². The highest BCUT2D eigenvalue weighted by Crippen LogP contribution is 2.57. The fraction of sp³-hybridized carbons (Fsp3) is 0.917. The minimum atomic E-state index is -0.144. The Morgan fingerprint density at radius 2 is 1.57 bits per heavy atom. The van der Waals surface area contributed by atoms with Gasteiger partial charge in [0.15, 0.2) is 0 Å². The first-order chi connectivity index (χ1) is 6.76. The Morgan fingerprint density at radius 1 is 1.00 bits per heavy atom. The van der Waals surface area contributed by atoms with Crippen molar-refractivity contribution in [2.45, 2.75) is 62.9 Å². The van der Waals surface area contributed by atoms with Gasteiger partial charge in [0.1, 0.15) is 5.54 Å². The molecule has 14 heavy (non-hydrogen) atoms. The molecule has 3 saturated carbocycles. The first-order valence-electron chi connectivity index (χ1n) is 5.95. The van der Waals surface area contributed by atoms with Crippen LogP contribution in [0.5, 0.6) is 0 Å². The van der Waals surface area contributed by atoms with Gasteiger partial charge in [0.05, 0.1) is 6.07 Å². The predicted molar refractivity (Wildman–Crippen MR) is 54.6 cm³/mol. The lowest BCUT2D eigenvalue weighted by Crippen LogP contribution is -2.48. The van der Waals surface area contributed by atoms with E-state index in [4.69, 9.17) is 0 Å². The van der Waals surface area contributed by atoms with Crippen LogP contribution < -0.4 is 5.32 Å². The average molecular weight is 190 g/mol. The van der Waals surface area contributed by atoms with Gasteiger partial charge in [0.2, 0.25) is 0 Å². The molecule has 0 aromatic heterocycles. The van der Waals surface area contributed by atoms with Gasteiger partial charge in [0.25, 0.3) is 0 Å². The quantitative estimate of drug-likeness (QED) is 0.725. The van der Waals surface area contributed by atoms with Gasteiger partial charge in [-0.2, -0.15) is 5.26 Å². The second-order valence-electron chi connectivity index (χ2n) is 5.61. The number of nitrogens with one attached hydrogen (secondary N) is 1. The maximum atomic E-state index is 9.30. The third-order valence-corrected chi connectivity index (χ3v) is 4.39. The van der Waals surface area contributed by atoms with Crippen molar-refractivity contribution in [3.8, 4) is 6.07 Å². The fourth-order valence-electron chi connectivity index (χ4n) is 2.79. The Bertz CT molecular complexity index is 271. The van der Waals surface area contributed by atoms with Gasteiger partial charge in [0, 0.05) is 6.04 Å². The lowest BCUT2D eigenvalue weighted by Gasteiger charge is -2.36. The van der Waals surface area contributed by atoms with Gasteiger partial charge in [-0.3, -0.25) is 5.32 Å². The van der Waals surface area contributed by atoms with Crippen LogP contribution in [0.15, 0.2) is 0 Å². The third-order valence-electron chi connectivity index (χ3n) is 4.39. The molecule has 3 aliphatic rings. The molecular weight excluding hydrogens is 172 g/mol. The van der Waals surface area contributed by atoms with Crippen LogP contribution in [-0.4, -0.2) is 11.6 Å². The van der Waals surface area contributed by atoms with Crippen LogP contribution in [-0.2, 0) is 0 Å². The molecule has 0 bridgehead atoms. The number of nitrogens with zero attached hydrogens (tertiary/aromatic N) is 1. The molecule has 0 radical (unpaired) electrons. The summed E-state index contributed by atoms with van der Waals surface area (Å²) in [5.41, 5.74) is 0.556. The first kappa shape index (κ1) is 8.73. The molecule has 1 N–H and O–H groups in total. The average Bonchev–Trinajstić information content (AvgIpc) is 3.08. The molecule has 3 aliphatic carbocycles. The Hall–Kier alpha value is -0.550. The van der Waals surface area contributed by atoms with Crippen LogP contribution in [0.3, 0.4) is 0 Å². The summed E-state index contributed by atoms with van der Waals surface area (Å²) in [5, 5.41) is 12.9. The highest BCUT2D eigenvalue weighted by molar-refractivity contribution is 5.15. The summed E-state index contributed by atoms with van der Waals surface area (Å²) in [6.07, 6.45) is 10.2. The summed E-state index contributed by atoms with van der Waals surface area (Å²) < 4.78 is 0. The Kier molecular flexibility index (Phi) is 1.70. The molecule has 76 valence electrons. The van der Waals surface area contributed by atoms with E-state index in [1.807, 2.05) is 0 Å². The molecule has 1 spiro atoms. The topological polar surface area (TPSA) is 35.8 Å². The van der Waals surface area contributed by atoms with E-state index in [2.05, 4.69) is 11.4 Å². The lowest BCUT2D eigenvalue weighted by molar-refractivity contribution is 0.222. The summed E-state index contributed by atoms with van der Waals surface area (Å²) in [4.78, 5) is 0. The molecule has 0 aromatic rings. The van der Waals surface area contributed by atoms with Crippen molar-refractivity contribution in [2.75, 3.05) is 0 Å². The van der Waals surface area contributed by atoms with Crippen LogP contribution in [0.4, 0.5) is 0 Å². The van der Waals surface area contributed by atoms with Crippen LogP contribution in [0, 0.1) is 16.7 Å². The lowest BCUT2D eigenvalue weighted by atomic mass is 9.75. The van der Waals surface area contributed by atoms with E-state index in [-0.39, 0.29) is 5.54 Å². The normalized spacial score (nSPS) is 32.5. The summed E-state index contributed by atoms with van der Waals surface area (Å²) in [6.45, 7) is 0. The van der Waals surface area contributed by atoms with Crippen LogP contribution in [0.2, 0.25) is 0 Å². The van der Waals surface area contributed by atoms with E-state index >= 15 is 0 Å². The van der Waals surface area contributed by atoms with Crippen molar-refractivity contribution < 1.29 is 0 Å². The zero-order valence-corrected chi connectivity index (χ0v) is 8.68. The van der Waals surface area contributed by atoms with Crippen molar-refractivity contribution in [3.63, 3.8) is 0 Å². The maximum absolute atomic E-state index is 9.30. The van der Waals surface area contributed by atoms with Crippen molar-refractivity contribution in [1.29, 1.82) is 5.26 Å². The fourth-order valence-corrected chi connectivity index (χ4v) is 2.79. The van der Waals surface area contributed by atoms with E-state index in [1.54, 1.807) is 0 Å². The monoisotopic (exact) mass is 190 g/mol. The molecule has 0 amide bonds. The van der Waals surface area contributed by atoms with Gasteiger partial charge < -0.3 is 0 Å². The highest BCUT2D eigenvalue weighted by Gasteiger charge is 2.50. The predicted octanol–water partition coefficient (Wildman–Crippen LogP) is 2.35.